The van der Waals surface area contributed by atoms with E-state index in [-0.39, 0.29) is 23.8 Å². The molecule has 4 heterocycles. The van der Waals surface area contributed by atoms with Crippen LogP contribution in [0.15, 0.2) is 67.1 Å². The maximum atomic E-state index is 13.5. The van der Waals surface area contributed by atoms with Crippen LogP contribution in [0.5, 0.6) is 0 Å². The number of imidazole rings is 1. The van der Waals surface area contributed by atoms with E-state index in [2.05, 4.69) is 75.4 Å². The Hall–Kier alpha value is -3.42. The van der Waals surface area contributed by atoms with E-state index < -0.39 is 0 Å². The topological polar surface area (TPSA) is 49.5 Å². The normalized spacial score (nSPS) is 21.2. The highest BCUT2D eigenvalue weighted by Gasteiger charge is 2.34. The summed E-state index contributed by atoms with van der Waals surface area (Å²) in [5.41, 5.74) is 6.61. The van der Waals surface area contributed by atoms with Gasteiger partial charge < -0.3 is 19.5 Å². The number of nitrogens with zero attached hydrogens (tertiary/aromatic N) is 5. The number of anilines is 1. The Bertz CT molecular complexity index is 1390. The highest BCUT2D eigenvalue weighted by Crippen LogP contribution is 2.36. The van der Waals surface area contributed by atoms with E-state index in [1.165, 1.54) is 23.4 Å². The maximum Gasteiger partial charge on any atom is 0.161 e. The van der Waals surface area contributed by atoms with Gasteiger partial charge in [0.2, 0.25) is 0 Å². The summed E-state index contributed by atoms with van der Waals surface area (Å²) in [6.45, 7) is 5.40. The summed E-state index contributed by atoms with van der Waals surface area (Å²) in [5, 5.41) is 10.8. The molecule has 6 rings (SSSR count). The van der Waals surface area contributed by atoms with Crippen LogP contribution in [0.2, 0.25) is 0 Å². The zero-order chi connectivity index (χ0) is 25.0. The molecule has 1 unspecified atom stereocenters. The second kappa shape index (κ2) is 8.91. The van der Waals surface area contributed by atoms with Crippen LogP contribution in [0.1, 0.15) is 12.5 Å². The van der Waals surface area contributed by atoms with Gasteiger partial charge in [-0.05, 0) is 67.5 Å². The maximum absolute atomic E-state index is 13.5. The molecule has 36 heavy (non-hydrogen) atoms. The molecule has 3 atom stereocenters. The second-order valence-corrected chi connectivity index (χ2v) is 10.6. The number of aromatic nitrogens is 3. The number of benzene rings is 2. The molecule has 2 aliphatic rings. The van der Waals surface area contributed by atoms with Gasteiger partial charge in [-0.1, -0.05) is 19.1 Å². The minimum absolute atomic E-state index is 0.206. The van der Waals surface area contributed by atoms with Crippen molar-refractivity contribution in [3.05, 3.63) is 78.5 Å². The molecule has 2 aromatic heterocycles. The lowest BCUT2D eigenvalue weighted by atomic mass is 9.86. The molecule has 1 fully saturated rings. The average molecular weight is 486 g/mol. The number of aliphatic hydroxyl groups is 1. The lowest BCUT2D eigenvalue weighted by molar-refractivity contribution is 0.0336. The molecular weight excluding hydrogens is 453 g/mol. The van der Waals surface area contributed by atoms with Crippen molar-refractivity contribution in [1.29, 1.82) is 0 Å². The summed E-state index contributed by atoms with van der Waals surface area (Å²) >= 11 is 0. The van der Waals surface area contributed by atoms with Crippen LogP contribution in [0.4, 0.5) is 10.1 Å². The Labute approximate surface area is 211 Å². The fourth-order valence-corrected chi connectivity index (χ4v) is 5.86. The fraction of sp³-hybridized carbons (Fsp3) is 0.345. The monoisotopic (exact) mass is 485 g/mol. The highest BCUT2D eigenvalue weighted by molar-refractivity contribution is 5.72. The molecule has 6 nitrogen and oxygen atoms in total. The summed E-state index contributed by atoms with van der Waals surface area (Å²) in [5.74, 6) is 1.08. The molecule has 0 bridgehead atoms. The van der Waals surface area contributed by atoms with Gasteiger partial charge in [0.25, 0.3) is 0 Å². The molecule has 0 aliphatic carbocycles. The standard InChI is InChI=1S/C29H32FN5O/c1-19-14-33(18-23(28(19)36)15-32(2)3)25-8-9-26-22(12-25)17-34-16-21(20-4-6-24(30)7-5-20)13-27(34)29-31-10-11-35(26)29/h4-13,16,19,23,28,36H,14-15,17-18H2,1-3H3/t19?,23-,28+/m1/s1. The summed E-state index contributed by atoms with van der Waals surface area (Å²) in [4.78, 5) is 9.27. The summed E-state index contributed by atoms with van der Waals surface area (Å²) in [6, 6.07) is 15.5. The minimum atomic E-state index is -0.287. The SMILES string of the molecule is CC1CN(c2ccc3c(c2)Cn2cc(-c4ccc(F)cc4)cc2-c2nccn2-3)C[C@@H](CN(C)C)[C@H]1O. The van der Waals surface area contributed by atoms with E-state index in [4.69, 9.17) is 0 Å². The van der Waals surface area contributed by atoms with Crippen LogP contribution < -0.4 is 4.90 Å². The van der Waals surface area contributed by atoms with Crippen molar-refractivity contribution in [3.8, 4) is 28.3 Å². The van der Waals surface area contributed by atoms with Gasteiger partial charge >= 0.3 is 0 Å². The van der Waals surface area contributed by atoms with E-state index in [0.717, 1.165) is 54.5 Å². The van der Waals surface area contributed by atoms with E-state index in [1.54, 1.807) is 0 Å². The number of hydrogen-bond acceptors (Lipinski definition) is 4. The third-order valence-electron chi connectivity index (χ3n) is 7.60. The van der Waals surface area contributed by atoms with Crippen molar-refractivity contribution < 1.29 is 9.50 Å². The third kappa shape index (κ3) is 4.02. The largest absolute Gasteiger partial charge is 0.392 e. The van der Waals surface area contributed by atoms with Gasteiger partial charge in [-0.25, -0.2) is 9.37 Å². The molecule has 186 valence electrons. The van der Waals surface area contributed by atoms with Crippen LogP contribution in [0.3, 0.4) is 0 Å². The number of aliphatic hydroxyl groups excluding tert-OH is 1. The molecule has 7 heteroatoms. The van der Waals surface area contributed by atoms with Gasteiger partial charge in [-0.3, -0.25) is 4.57 Å². The molecule has 1 saturated heterocycles. The Morgan fingerprint density at radius 2 is 1.86 bits per heavy atom. The van der Waals surface area contributed by atoms with E-state index in [0.29, 0.717) is 0 Å². The average Bonchev–Trinajstić information content (AvgIpc) is 3.47. The molecule has 2 aromatic carbocycles. The van der Waals surface area contributed by atoms with Crippen LogP contribution in [0.25, 0.3) is 28.3 Å². The lowest BCUT2D eigenvalue weighted by Gasteiger charge is -2.42. The van der Waals surface area contributed by atoms with Crippen molar-refractivity contribution in [2.75, 3.05) is 38.6 Å². The molecule has 4 aromatic rings. The highest BCUT2D eigenvalue weighted by atomic mass is 19.1. The predicted molar refractivity (Wildman–Crippen MR) is 141 cm³/mol. The van der Waals surface area contributed by atoms with Crippen molar-refractivity contribution in [2.45, 2.75) is 19.6 Å². The summed E-state index contributed by atoms with van der Waals surface area (Å²) in [7, 11) is 4.13. The van der Waals surface area contributed by atoms with Gasteiger partial charge in [0.1, 0.15) is 5.82 Å². The number of fused-ring (bicyclic) bond motifs is 5. The zero-order valence-corrected chi connectivity index (χ0v) is 21.0. The van der Waals surface area contributed by atoms with Crippen LogP contribution in [-0.2, 0) is 6.54 Å². The first-order valence-electron chi connectivity index (χ1n) is 12.6. The third-order valence-corrected chi connectivity index (χ3v) is 7.60. The number of piperidine rings is 1. The molecule has 0 spiro atoms. The Balaban J connectivity index is 1.37. The van der Waals surface area contributed by atoms with E-state index in [1.807, 2.05) is 24.5 Å². The van der Waals surface area contributed by atoms with Crippen molar-refractivity contribution in [1.82, 2.24) is 19.0 Å². The van der Waals surface area contributed by atoms with Crippen molar-refractivity contribution in [2.24, 2.45) is 11.8 Å². The van der Waals surface area contributed by atoms with Crippen molar-refractivity contribution in [3.63, 3.8) is 0 Å². The predicted octanol–water partition coefficient (Wildman–Crippen LogP) is 4.50. The van der Waals surface area contributed by atoms with Gasteiger partial charge in [0.05, 0.1) is 17.5 Å². The number of halogens is 1. The van der Waals surface area contributed by atoms with E-state index >= 15 is 0 Å². The second-order valence-electron chi connectivity index (χ2n) is 10.6. The van der Waals surface area contributed by atoms with Crippen LogP contribution in [0, 0.1) is 17.7 Å². The molecule has 0 saturated carbocycles. The quantitative estimate of drug-likeness (QED) is 0.407. The van der Waals surface area contributed by atoms with Gasteiger partial charge in [-0.15, -0.1) is 0 Å². The molecule has 0 radical (unpaired) electrons. The van der Waals surface area contributed by atoms with Gasteiger partial charge in [0, 0.05) is 61.9 Å². The first kappa shape index (κ1) is 23.0. The van der Waals surface area contributed by atoms with Crippen LogP contribution in [-0.4, -0.2) is 64.0 Å². The fourth-order valence-electron chi connectivity index (χ4n) is 5.86. The Morgan fingerprint density at radius 3 is 2.64 bits per heavy atom. The first-order chi connectivity index (χ1) is 17.4. The molecule has 2 aliphatic heterocycles. The summed E-state index contributed by atoms with van der Waals surface area (Å²) < 4.78 is 17.9. The minimum Gasteiger partial charge on any atom is -0.392 e. The van der Waals surface area contributed by atoms with E-state index in [9.17, 15) is 9.50 Å². The van der Waals surface area contributed by atoms with Gasteiger partial charge in [-0.2, -0.15) is 0 Å². The number of rotatable bonds is 4. The Kier molecular flexibility index (Phi) is 5.69. The Morgan fingerprint density at radius 1 is 1.06 bits per heavy atom. The van der Waals surface area contributed by atoms with Crippen molar-refractivity contribution >= 4 is 5.69 Å². The van der Waals surface area contributed by atoms with Gasteiger partial charge in [0.15, 0.2) is 5.82 Å². The zero-order valence-electron chi connectivity index (χ0n) is 21.0. The first-order valence-corrected chi connectivity index (χ1v) is 12.6. The smallest absolute Gasteiger partial charge is 0.161 e. The molecular formula is C29H32FN5O. The number of hydrogen-bond donors (Lipinski definition) is 1. The molecule has 0 amide bonds. The van der Waals surface area contributed by atoms with Crippen LogP contribution >= 0.6 is 0 Å². The molecule has 1 N–H and O–H groups in total. The lowest BCUT2D eigenvalue weighted by Crippen LogP contribution is -2.51. The summed E-state index contributed by atoms with van der Waals surface area (Å²) in [6.07, 6.45) is 5.70.